The molecule has 1 aliphatic rings. The molecule has 3 aromatic rings. The number of carbonyl (C=O) groups is 1. The second kappa shape index (κ2) is 11.2. The lowest BCUT2D eigenvalue weighted by Crippen LogP contribution is -2.32. The molecular weight excluding hydrogens is 456 g/mol. The third kappa shape index (κ3) is 5.99. The van der Waals surface area contributed by atoms with E-state index in [0.29, 0.717) is 37.3 Å². The van der Waals surface area contributed by atoms with E-state index < -0.39 is 6.09 Å². The summed E-state index contributed by atoms with van der Waals surface area (Å²) in [7, 11) is 3.22. The van der Waals surface area contributed by atoms with Gasteiger partial charge in [0.2, 0.25) is 5.95 Å². The largest absolute Gasteiger partial charge is 0.465 e. The van der Waals surface area contributed by atoms with E-state index in [1.807, 2.05) is 6.07 Å². The maximum Gasteiger partial charge on any atom is 0.411 e. The lowest BCUT2D eigenvalue weighted by molar-refractivity contribution is 0.186. The first-order valence-corrected chi connectivity index (χ1v) is 11.8. The topological polar surface area (TPSA) is 122 Å². The second-order valence-electron chi connectivity index (χ2n) is 7.79. The highest BCUT2D eigenvalue weighted by Crippen LogP contribution is 2.46. The number of hydrogen-bond acceptors (Lipinski definition) is 9. The molecule has 2 heterocycles. The molecule has 0 aliphatic heterocycles. The lowest BCUT2D eigenvalue weighted by Gasteiger charge is -2.19. The highest BCUT2D eigenvalue weighted by Gasteiger charge is 2.30. The normalized spacial score (nSPS) is 13.0. The van der Waals surface area contributed by atoms with Crippen LogP contribution in [0.15, 0.2) is 36.5 Å². The summed E-state index contributed by atoms with van der Waals surface area (Å²) in [5.41, 5.74) is 3.23. The molecular formula is C23H28N6O4S. The highest BCUT2D eigenvalue weighted by molar-refractivity contribution is 7.19. The Labute approximate surface area is 202 Å². The van der Waals surface area contributed by atoms with Gasteiger partial charge in [-0.15, -0.1) is 0 Å². The molecule has 0 atom stereocenters. The zero-order valence-corrected chi connectivity index (χ0v) is 20.0. The van der Waals surface area contributed by atoms with Crippen LogP contribution in [0.25, 0.3) is 10.6 Å². The van der Waals surface area contributed by atoms with E-state index in [9.17, 15) is 9.90 Å². The summed E-state index contributed by atoms with van der Waals surface area (Å²) >= 11 is 1.59. The average Bonchev–Trinajstić information content (AvgIpc) is 3.60. The Morgan fingerprint density at radius 3 is 2.59 bits per heavy atom. The van der Waals surface area contributed by atoms with Gasteiger partial charge >= 0.3 is 6.09 Å². The fraction of sp³-hybridized carbons (Fsp3) is 0.391. The molecule has 34 heavy (non-hydrogen) atoms. The first-order valence-electron chi connectivity index (χ1n) is 11.0. The minimum Gasteiger partial charge on any atom is -0.465 e. The number of ether oxygens (including phenoxy) is 2. The summed E-state index contributed by atoms with van der Waals surface area (Å²) in [5.74, 6) is 0.946. The molecule has 4 rings (SSSR count). The van der Waals surface area contributed by atoms with Crippen molar-refractivity contribution < 1.29 is 19.4 Å². The molecule has 1 aliphatic carbocycles. The molecule has 1 amide bonds. The van der Waals surface area contributed by atoms with Crippen molar-refractivity contribution in [3.05, 3.63) is 42.2 Å². The third-order valence-electron chi connectivity index (χ3n) is 5.27. The molecule has 180 valence electrons. The van der Waals surface area contributed by atoms with E-state index in [2.05, 4.69) is 15.6 Å². The maximum atomic E-state index is 11.5. The zero-order valence-electron chi connectivity index (χ0n) is 19.2. The van der Waals surface area contributed by atoms with Crippen LogP contribution in [0.2, 0.25) is 0 Å². The third-order valence-corrected chi connectivity index (χ3v) is 6.32. The molecule has 2 aromatic heterocycles. The van der Waals surface area contributed by atoms with Crippen LogP contribution in [0.5, 0.6) is 0 Å². The molecule has 10 nitrogen and oxygen atoms in total. The van der Waals surface area contributed by atoms with Gasteiger partial charge in [0.05, 0.1) is 36.0 Å². The molecule has 0 unspecified atom stereocenters. The number of benzene rings is 1. The molecule has 1 aromatic carbocycles. The van der Waals surface area contributed by atoms with Crippen LogP contribution in [0.1, 0.15) is 24.5 Å². The molecule has 0 spiro atoms. The maximum absolute atomic E-state index is 11.5. The summed E-state index contributed by atoms with van der Waals surface area (Å²) in [6, 6.07) is 8.97. The number of amides is 1. The molecule has 3 N–H and O–H groups in total. The molecule has 1 saturated carbocycles. The minimum atomic E-state index is -1.03. The molecule has 0 saturated heterocycles. The Morgan fingerprint density at radius 2 is 1.91 bits per heavy atom. The number of nitrogens with zero attached hydrogens (tertiary/aromatic N) is 4. The van der Waals surface area contributed by atoms with E-state index in [4.69, 9.17) is 19.4 Å². The van der Waals surface area contributed by atoms with E-state index in [0.717, 1.165) is 39.9 Å². The van der Waals surface area contributed by atoms with Crippen LogP contribution in [0.4, 0.5) is 27.2 Å². The number of hydrogen-bond donors (Lipinski definition) is 3. The van der Waals surface area contributed by atoms with Gasteiger partial charge in [-0.3, -0.25) is 4.90 Å². The number of nitrogens with one attached hydrogen (secondary N) is 2. The molecule has 0 bridgehead atoms. The minimum absolute atomic E-state index is 0.254. The van der Waals surface area contributed by atoms with Crippen LogP contribution in [0, 0.1) is 0 Å². The van der Waals surface area contributed by atoms with Crippen LogP contribution in [-0.4, -0.2) is 66.7 Å². The SMILES string of the molecule is COCCNc1nc(C2CC2)c(-c2ccnc(Nc3ccc(N(CCOC)C(=O)O)cc3)n2)s1. The number of carboxylic acid groups (broad SMARTS) is 1. The first-order chi connectivity index (χ1) is 16.6. The van der Waals surface area contributed by atoms with Crippen molar-refractivity contribution in [2.75, 3.05) is 56.1 Å². The fourth-order valence-electron chi connectivity index (χ4n) is 3.40. The Balaban J connectivity index is 1.49. The van der Waals surface area contributed by atoms with Crippen molar-refractivity contribution in [1.82, 2.24) is 15.0 Å². The highest BCUT2D eigenvalue weighted by atomic mass is 32.1. The van der Waals surface area contributed by atoms with Crippen molar-refractivity contribution in [2.45, 2.75) is 18.8 Å². The van der Waals surface area contributed by atoms with Gasteiger partial charge in [-0.05, 0) is 43.2 Å². The van der Waals surface area contributed by atoms with Crippen LogP contribution >= 0.6 is 11.3 Å². The van der Waals surface area contributed by atoms with Gasteiger partial charge in [0, 0.05) is 44.3 Å². The van der Waals surface area contributed by atoms with E-state index in [-0.39, 0.29) is 6.54 Å². The van der Waals surface area contributed by atoms with E-state index >= 15 is 0 Å². The van der Waals surface area contributed by atoms with Crippen molar-refractivity contribution in [1.29, 1.82) is 0 Å². The smallest absolute Gasteiger partial charge is 0.411 e. The van der Waals surface area contributed by atoms with Gasteiger partial charge in [0.15, 0.2) is 5.13 Å². The number of thiazole rings is 1. The van der Waals surface area contributed by atoms with Gasteiger partial charge in [-0.25, -0.2) is 19.7 Å². The van der Waals surface area contributed by atoms with Crippen LogP contribution < -0.4 is 15.5 Å². The number of aromatic nitrogens is 3. The van der Waals surface area contributed by atoms with Crippen molar-refractivity contribution >= 4 is 39.9 Å². The molecule has 0 radical (unpaired) electrons. The number of methoxy groups -OCH3 is 2. The van der Waals surface area contributed by atoms with Gasteiger partial charge in [0.1, 0.15) is 0 Å². The van der Waals surface area contributed by atoms with Gasteiger partial charge in [0.25, 0.3) is 0 Å². The monoisotopic (exact) mass is 484 g/mol. The van der Waals surface area contributed by atoms with Gasteiger partial charge in [-0.1, -0.05) is 11.3 Å². The van der Waals surface area contributed by atoms with Gasteiger partial charge < -0.3 is 25.2 Å². The number of rotatable bonds is 12. The lowest BCUT2D eigenvalue weighted by atomic mass is 10.2. The summed E-state index contributed by atoms with van der Waals surface area (Å²) in [5, 5.41) is 16.8. The van der Waals surface area contributed by atoms with E-state index in [1.54, 1.807) is 56.0 Å². The van der Waals surface area contributed by atoms with Crippen LogP contribution in [0.3, 0.4) is 0 Å². The van der Waals surface area contributed by atoms with Gasteiger partial charge in [-0.2, -0.15) is 0 Å². The first kappa shape index (κ1) is 23.9. The predicted octanol–water partition coefficient (Wildman–Crippen LogP) is 4.41. The standard InChI is InChI=1S/C23H28N6O4S/c1-32-13-11-25-22-28-19(15-3-4-15)20(34-22)18-9-10-24-21(27-18)26-16-5-7-17(8-6-16)29(23(30)31)12-14-33-2/h5-10,15H,3-4,11-14H2,1-2H3,(H,25,28)(H,30,31)(H,24,26,27). The zero-order chi connectivity index (χ0) is 23.9. The second-order valence-corrected chi connectivity index (χ2v) is 8.79. The Kier molecular flexibility index (Phi) is 7.88. The predicted molar refractivity (Wildman–Crippen MR) is 132 cm³/mol. The molecule has 1 fully saturated rings. The summed E-state index contributed by atoms with van der Waals surface area (Å²) in [6.07, 6.45) is 2.99. The van der Waals surface area contributed by atoms with Crippen molar-refractivity contribution in [3.63, 3.8) is 0 Å². The summed E-state index contributed by atoms with van der Waals surface area (Å²) in [4.78, 5) is 27.7. The molecule has 11 heteroatoms. The number of anilines is 4. The Hall–Kier alpha value is -3.28. The van der Waals surface area contributed by atoms with Crippen molar-refractivity contribution in [3.8, 4) is 10.6 Å². The van der Waals surface area contributed by atoms with E-state index in [1.165, 1.54) is 4.90 Å². The average molecular weight is 485 g/mol. The Morgan fingerprint density at radius 1 is 1.15 bits per heavy atom. The van der Waals surface area contributed by atoms with Crippen molar-refractivity contribution in [2.24, 2.45) is 0 Å². The fourth-order valence-corrected chi connectivity index (χ4v) is 4.45. The Bertz CT molecular complexity index is 1100. The van der Waals surface area contributed by atoms with Crippen LogP contribution in [-0.2, 0) is 9.47 Å². The summed E-state index contributed by atoms with van der Waals surface area (Å²) in [6.45, 7) is 1.89. The quantitative estimate of drug-likeness (QED) is 0.321. The summed E-state index contributed by atoms with van der Waals surface area (Å²) < 4.78 is 10.1.